The summed E-state index contributed by atoms with van der Waals surface area (Å²) in [6, 6.07) is 0.517. The third-order valence-electron chi connectivity index (χ3n) is 3.99. The number of nitrogens with one attached hydrogen (secondary N) is 1. The molecule has 0 radical (unpaired) electrons. The highest BCUT2D eigenvalue weighted by Crippen LogP contribution is 2.31. The van der Waals surface area contributed by atoms with Gasteiger partial charge in [-0.2, -0.15) is 0 Å². The van der Waals surface area contributed by atoms with E-state index in [9.17, 15) is 0 Å². The van der Waals surface area contributed by atoms with Crippen molar-refractivity contribution in [2.75, 3.05) is 13.2 Å². The molecular weight excluding hydrogens is 210 g/mol. The van der Waals surface area contributed by atoms with Crippen LogP contribution in [0, 0.1) is 11.8 Å². The molecule has 1 N–H and O–H groups in total. The van der Waals surface area contributed by atoms with Gasteiger partial charge in [0.2, 0.25) is 0 Å². The summed E-state index contributed by atoms with van der Waals surface area (Å²) in [5.41, 5.74) is 0. The molecule has 0 aromatic heterocycles. The van der Waals surface area contributed by atoms with Gasteiger partial charge in [-0.3, -0.25) is 0 Å². The first-order valence-corrected chi connectivity index (χ1v) is 7.55. The molecule has 1 aliphatic carbocycles. The molecule has 0 saturated heterocycles. The fourth-order valence-electron chi connectivity index (χ4n) is 3.16. The maximum atomic E-state index is 6.09. The maximum absolute atomic E-state index is 6.09. The van der Waals surface area contributed by atoms with Gasteiger partial charge in [0, 0.05) is 12.6 Å². The summed E-state index contributed by atoms with van der Waals surface area (Å²) in [4.78, 5) is 0. The van der Waals surface area contributed by atoms with Crippen molar-refractivity contribution in [2.24, 2.45) is 11.8 Å². The topological polar surface area (TPSA) is 21.3 Å². The molecule has 0 amide bonds. The van der Waals surface area contributed by atoms with Crippen LogP contribution in [-0.4, -0.2) is 25.3 Å². The standard InChI is InChI=1S/C15H31NO/c1-5-16-14(12(3)4)15(17-6-2)13-10-8-7-9-11-13/h12-16H,5-11H2,1-4H3. The van der Waals surface area contributed by atoms with E-state index >= 15 is 0 Å². The zero-order chi connectivity index (χ0) is 12.7. The lowest BCUT2D eigenvalue weighted by Crippen LogP contribution is -2.49. The van der Waals surface area contributed by atoms with Gasteiger partial charge in [-0.05, 0) is 38.1 Å². The summed E-state index contributed by atoms with van der Waals surface area (Å²) < 4.78 is 6.09. The van der Waals surface area contributed by atoms with E-state index in [1.165, 1.54) is 32.1 Å². The van der Waals surface area contributed by atoms with Crippen molar-refractivity contribution in [3.05, 3.63) is 0 Å². The van der Waals surface area contributed by atoms with Gasteiger partial charge in [0.15, 0.2) is 0 Å². The lowest BCUT2D eigenvalue weighted by molar-refractivity contribution is -0.0274. The second-order valence-electron chi connectivity index (χ2n) is 5.65. The summed E-state index contributed by atoms with van der Waals surface area (Å²) >= 11 is 0. The Morgan fingerprint density at radius 1 is 1.12 bits per heavy atom. The van der Waals surface area contributed by atoms with E-state index in [0.717, 1.165) is 19.1 Å². The van der Waals surface area contributed by atoms with Gasteiger partial charge in [0.1, 0.15) is 0 Å². The highest BCUT2D eigenvalue weighted by molar-refractivity contribution is 4.86. The van der Waals surface area contributed by atoms with E-state index in [2.05, 4.69) is 33.0 Å². The number of hydrogen-bond acceptors (Lipinski definition) is 2. The van der Waals surface area contributed by atoms with Crippen LogP contribution in [0.5, 0.6) is 0 Å². The average molecular weight is 241 g/mol. The Balaban J connectivity index is 2.65. The molecule has 0 spiro atoms. The Kier molecular flexibility index (Phi) is 7.14. The van der Waals surface area contributed by atoms with Crippen LogP contribution in [0.15, 0.2) is 0 Å². The van der Waals surface area contributed by atoms with Gasteiger partial charge in [-0.1, -0.05) is 40.0 Å². The molecule has 102 valence electrons. The lowest BCUT2D eigenvalue weighted by atomic mass is 9.80. The fourth-order valence-corrected chi connectivity index (χ4v) is 3.16. The molecule has 1 saturated carbocycles. The maximum Gasteiger partial charge on any atom is 0.0758 e. The van der Waals surface area contributed by atoms with E-state index in [1.807, 2.05) is 0 Å². The Bertz CT molecular complexity index is 187. The highest BCUT2D eigenvalue weighted by Gasteiger charge is 2.32. The summed E-state index contributed by atoms with van der Waals surface area (Å²) in [6.07, 6.45) is 7.35. The Morgan fingerprint density at radius 2 is 1.76 bits per heavy atom. The molecule has 0 aromatic rings. The van der Waals surface area contributed by atoms with E-state index in [-0.39, 0.29) is 0 Å². The molecule has 0 aliphatic heterocycles. The molecule has 1 aliphatic rings. The highest BCUT2D eigenvalue weighted by atomic mass is 16.5. The quantitative estimate of drug-likeness (QED) is 0.735. The number of rotatable bonds is 7. The Morgan fingerprint density at radius 3 is 2.24 bits per heavy atom. The Hall–Kier alpha value is -0.0800. The molecule has 2 atom stereocenters. The molecular formula is C15H31NO. The average Bonchev–Trinajstić information content (AvgIpc) is 2.34. The van der Waals surface area contributed by atoms with E-state index in [0.29, 0.717) is 18.1 Å². The molecule has 2 heteroatoms. The van der Waals surface area contributed by atoms with E-state index < -0.39 is 0 Å². The Labute approximate surface area is 108 Å². The molecule has 0 heterocycles. The second-order valence-corrected chi connectivity index (χ2v) is 5.65. The lowest BCUT2D eigenvalue weighted by Gasteiger charge is -2.38. The molecule has 17 heavy (non-hydrogen) atoms. The van der Waals surface area contributed by atoms with Crippen molar-refractivity contribution in [1.29, 1.82) is 0 Å². The third-order valence-corrected chi connectivity index (χ3v) is 3.99. The zero-order valence-electron chi connectivity index (χ0n) is 12.2. The first kappa shape index (κ1) is 15.0. The predicted molar refractivity (Wildman–Crippen MR) is 74.3 cm³/mol. The van der Waals surface area contributed by atoms with Crippen molar-refractivity contribution >= 4 is 0 Å². The van der Waals surface area contributed by atoms with Gasteiger partial charge >= 0.3 is 0 Å². The van der Waals surface area contributed by atoms with Gasteiger partial charge in [-0.25, -0.2) is 0 Å². The summed E-state index contributed by atoms with van der Waals surface area (Å²) in [6.45, 7) is 10.8. The summed E-state index contributed by atoms with van der Waals surface area (Å²) in [7, 11) is 0. The molecule has 2 unspecified atom stereocenters. The van der Waals surface area contributed by atoms with Gasteiger partial charge in [-0.15, -0.1) is 0 Å². The molecule has 0 bridgehead atoms. The molecule has 2 nitrogen and oxygen atoms in total. The second kappa shape index (κ2) is 8.10. The van der Waals surface area contributed by atoms with Crippen molar-refractivity contribution in [2.45, 2.75) is 71.9 Å². The van der Waals surface area contributed by atoms with Crippen molar-refractivity contribution in [3.63, 3.8) is 0 Å². The fraction of sp³-hybridized carbons (Fsp3) is 1.00. The van der Waals surface area contributed by atoms with Crippen LogP contribution < -0.4 is 5.32 Å². The first-order valence-electron chi connectivity index (χ1n) is 7.55. The van der Waals surface area contributed by atoms with Crippen LogP contribution >= 0.6 is 0 Å². The largest absolute Gasteiger partial charge is 0.377 e. The van der Waals surface area contributed by atoms with Crippen LogP contribution in [0.1, 0.15) is 59.8 Å². The predicted octanol–water partition coefficient (Wildman–Crippen LogP) is 3.61. The minimum Gasteiger partial charge on any atom is -0.377 e. The smallest absolute Gasteiger partial charge is 0.0758 e. The number of ether oxygens (including phenoxy) is 1. The molecule has 0 aromatic carbocycles. The monoisotopic (exact) mass is 241 g/mol. The van der Waals surface area contributed by atoms with Crippen LogP contribution in [0.4, 0.5) is 0 Å². The number of likely N-dealkylation sites (N-methyl/N-ethyl adjacent to an activating group) is 1. The number of hydrogen-bond donors (Lipinski definition) is 1. The molecule has 1 fully saturated rings. The van der Waals surface area contributed by atoms with Crippen LogP contribution in [-0.2, 0) is 4.74 Å². The molecule has 1 rings (SSSR count). The third kappa shape index (κ3) is 4.59. The van der Waals surface area contributed by atoms with Gasteiger partial charge in [0.05, 0.1) is 6.10 Å². The van der Waals surface area contributed by atoms with Crippen LogP contribution in [0.2, 0.25) is 0 Å². The van der Waals surface area contributed by atoms with Gasteiger partial charge < -0.3 is 10.1 Å². The van der Waals surface area contributed by atoms with Crippen LogP contribution in [0.25, 0.3) is 0 Å². The van der Waals surface area contributed by atoms with Gasteiger partial charge in [0.25, 0.3) is 0 Å². The minimum atomic E-state index is 0.417. The SMILES string of the molecule is CCNC(C(C)C)C(OCC)C1CCCCC1. The zero-order valence-corrected chi connectivity index (χ0v) is 12.2. The minimum absolute atomic E-state index is 0.417. The summed E-state index contributed by atoms with van der Waals surface area (Å²) in [5.74, 6) is 1.42. The van der Waals surface area contributed by atoms with Crippen molar-refractivity contribution in [3.8, 4) is 0 Å². The van der Waals surface area contributed by atoms with E-state index in [4.69, 9.17) is 4.74 Å². The normalized spacial score (nSPS) is 21.7. The van der Waals surface area contributed by atoms with Crippen molar-refractivity contribution < 1.29 is 4.74 Å². The van der Waals surface area contributed by atoms with Crippen molar-refractivity contribution in [1.82, 2.24) is 5.32 Å². The summed E-state index contributed by atoms with van der Waals surface area (Å²) in [5, 5.41) is 3.64. The van der Waals surface area contributed by atoms with E-state index in [1.54, 1.807) is 0 Å². The first-order chi connectivity index (χ1) is 8.20. The van der Waals surface area contributed by atoms with Crippen LogP contribution in [0.3, 0.4) is 0 Å².